The molecule has 0 unspecified atom stereocenters. The van der Waals surface area contributed by atoms with Gasteiger partial charge < -0.3 is 15.4 Å². The Bertz CT molecular complexity index is 692. The molecule has 0 aliphatic carbocycles. The first kappa shape index (κ1) is 20.9. The summed E-state index contributed by atoms with van der Waals surface area (Å²) in [6, 6.07) is 15.8. The number of benzene rings is 2. The lowest BCUT2D eigenvalue weighted by Crippen LogP contribution is -2.29. The van der Waals surface area contributed by atoms with Gasteiger partial charge in [-0.15, -0.1) is 0 Å². The lowest BCUT2D eigenvalue weighted by molar-refractivity contribution is 0.242. The molecule has 0 saturated heterocycles. The average molecular weight is 409 g/mol. The van der Waals surface area contributed by atoms with Crippen LogP contribution in [0.25, 0.3) is 0 Å². The van der Waals surface area contributed by atoms with Crippen LogP contribution < -0.4 is 15.4 Å². The molecule has 0 atom stereocenters. The minimum Gasteiger partial charge on any atom is -0.491 e. The lowest BCUT2D eigenvalue weighted by atomic mass is 10.2. The van der Waals surface area contributed by atoms with E-state index >= 15 is 0 Å². The van der Waals surface area contributed by atoms with Crippen LogP contribution in [0.5, 0.6) is 5.75 Å². The summed E-state index contributed by atoms with van der Waals surface area (Å²) in [7, 11) is 0. The van der Waals surface area contributed by atoms with Crippen LogP contribution in [-0.2, 0) is 5.75 Å². The molecule has 0 amide bonds. The molecular weight excluding hydrogens is 384 g/mol. The van der Waals surface area contributed by atoms with Crippen molar-refractivity contribution in [2.75, 3.05) is 17.6 Å². The van der Waals surface area contributed by atoms with Crippen LogP contribution in [0.4, 0.5) is 5.69 Å². The molecule has 2 N–H and O–H groups in total. The maximum absolute atomic E-state index is 5.89. The number of anilines is 1. The van der Waals surface area contributed by atoms with Crippen molar-refractivity contribution < 1.29 is 4.74 Å². The van der Waals surface area contributed by atoms with Crippen molar-refractivity contribution in [1.29, 1.82) is 0 Å². The van der Waals surface area contributed by atoms with Gasteiger partial charge in [-0.3, -0.25) is 0 Å². The normalized spacial score (nSPS) is 10.6. The Kier molecular flexibility index (Phi) is 9.09. The number of ether oxygens (including phenoxy) is 1. The highest BCUT2D eigenvalue weighted by molar-refractivity contribution is 7.98. The van der Waals surface area contributed by atoms with Crippen molar-refractivity contribution in [2.45, 2.75) is 32.1 Å². The van der Waals surface area contributed by atoms with Gasteiger partial charge in [-0.25, -0.2) is 0 Å². The van der Waals surface area contributed by atoms with E-state index in [1.54, 1.807) is 0 Å². The van der Waals surface area contributed by atoms with E-state index in [0.717, 1.165) is 40.9 Å². The zero-order valence-electron chi connectivity index (χ0n) is 15.1. The standard InChI is InChI=1S/C20H25ClN2OS2/c1-15(2)24-19-6-3-5-18(13-19)23-20(25)22-11-4-12-26-14-16-7-9-17(21)10-8-16/h3,5-10,13,15H,4,11-12,14H2,1-2H3,(H2,22,23,25). The van der Waals surface area contributed by atoms with Crippen LogP contribution in [0, 0.1) is 0 Å². The van der Waals surface area contributed by atoms with Crippen molar-refractivity contribution in [3.63, 3.8) is 0 Å². The summed E-state index contributed by atoms with van der Waals surface area (Å²) >= 11 is 13.2. The van der Waals surface area contributed by atoms with Crippen LogP contribution in [0.3, 0.4) is 0 Å². The van der Waals surface area contributed by atoms with E-state index in [9.17, 15) is 0 Å². The molecule has 0 bridgehead atoms. The van der Waals surface area contributed by atoms with Gasteiger partial charge in [-0.05, 0) is 68.1 Å². The van der Waals surface area contributed by atoms with Gasteiger partial charge in [0.2, 0.25) is 0 Å². The summed E-state index contributed by atoms with van der Waals surface area (Å²) in [6.45, 7) is 4.87. The lowest BCUT2D eigenvalue weighted by Gasteiger charge is -2.13. The van der Waals surface area contributed by atoms with Crippen molar-refractivity contribution in [3.05, 3.63) is 59.1 Å². The molecule has 0 aromatic heterocycles. The minimum atomic E-state index is 0.153. The first-order chi connectivity index (χ1) is 12.5. The third-order valence-corrected chi connectivity index (χ3v) is 5.01. The average Bonchev–Trinajstić information content (AvgIpc) is 2.59. The number of halogens is 1. The van der Waals surface area contributed by atoms with Crippen molar-refractivity contribution in [3.8, 4) is 5.75 Å². The first-order valence-corrected chi connectivity index (χ1v) is 10.6. The Hall–Kier alpha value is -1.43. The van der Waals surface area contributed by atoms with E-state index < -0.39 is 0 Å². The molecule has 0 radical (unpaired) electrons. The zero-order valence-corrected chi connectivity index (χ0v) is 17.5. The Labute approximate surface area is 170 Å². The summed E-state index contributed by atoms with van der Waals surface area (Å²) in [5.41, 5.74) is 2.23. The fourth-order valence-electron chi connectivity index (χ4n) is 2.24. The topological polar surface area (TPSA) is 33.3 Å². The van der Waals surface area contributed by atoms with Crippen LogP contribution in [0.2, 0.25) is 5.02 Å². The quantitative estimate of drug-likeness (QED) is 0.408. The predicted molar refractivity (Wildman–Crippen MR) is 119 cm³/mol. The van der Waals surface area contributed by atoms with Crippen LogP contribution in [-0.4, -0.2) is 23.5 Å². The highest BCUT2D eigenvalue weighted by Gasteiger charge is 2.01. The maximum atomic E-state index is 5.89. The summed E-state index contributed by atoms with van der Waals surface area (Å²) in [6.07, 6.45) is 1.21. The van der Waals surface area contributed by atoms with Crippen molar-refractivity contribution in [2.24, 2.45) is 0 Å². The second-order valence-corrected chi connectivity index (χ2v) is 8.06. The van der Waals surface area contributed by atoms with Crippen LogP contribution in [0.15, 0.2) is 48.5 Å². The molecule has 0 saturated carbocycles. The fraction of sp³-hybridized carbons (Fsp3) is 0.350. The fourth-order valence-corrected chi connectivity index (χ4v) is 3.51. The number of thioether (sulfide) groups is 1. The maximum Gasteiger partial charge on any atom is 0.170 e. The molecule has 140 valence electrons. The Morgan fingerprint density at radius 3 is 2.69 bits per heavy atom. The van der Waals surface area contributed by atoms with Gasteiger partial charge >= 0.3 is 0 Å². The van der Waals surface area contributed by atoms with E-state index in [0.29, 0.717) is 5.11 Å². The van der Waals surface area contributed by atoms with E-state index in [4.69, 9.17) is 28.6 Å². The van der Waals surface area contributed by atoms with E-state index in [2.05, 4.69) is 22.8 Å². The molecular formula is C20H25ClN2OS2. The second kappa shape index (κ2) is 11.3. The van der Waals surface area contributed by atoms with Crippen LogP contribution >= 0.6 is 35.6 Å². The SMILES string of the molecule is CC(C)Oc1cccc(NC(=S)NCCCSCc2ccc(Cl)cc2)c1. The molecule has 2 rings (SSSR count). The third kappa shape index (κ3) is 8.30. The number of hydrogen-bond donors (Lipinski definition) is 2. The van der Waals surface area contributed by atoms with Crippen molar-refractivity contribution in [1.82, 2.24) is 5.32 Å². The summed E-state index contributed by atoms with van der Waals surface area (Å²) in [5.74, 6) is 2.92. The highest BCUT2D eigenvalue weighted by atomic mass is 35.5. The van der Waals surface area contributed by atoms with Crippen LogP contribution in [0.1, 0.15) is 25.8 Å². The number of hydrogen-bond acceptors (Lipinski definition) is 3. The smallest absolute Gasteiger partial charge is 0.170 e. The molecule has 0 heterocycles. The van der Waals surface area contributed by atoms with Gasteiger partial charge in [0.25, 0.3) is 0 Å². The highest BCUT2D eigenvalue weighted by Crippen LogP contribution is 2.18. The molecule has 0 spiro atoms. The monoisotopic (exact) mass is 408 g/mol. The number of nitrogens with one attached hydrogen (secondary N) is 2. The largest absolute Gasteiger partial charge is 0.491 e. The first-order valence-electron chi connectivity index (χ1n) is 8.66. The predicted octanol–water partition coefficient (Wildman–Crippen LogP) is 5.74. The Morgan fingerprint density at radius 2 is 1.96 bits per heavy atom. The van der Waals surface area contributed by atoms with Gasteiger partial charge in [0.1, 0.15) is 5.75 Å². The summed E-state index contributed by atoms with van der Waals surface area (Å²) in [5, 5.41) is 7.86. The zero-order chi connectivity index (χ0) is 18.8. The van der Waals surface area contributed by atoms with Gasteiger partial charge in [0, 0.05) is 29.1 Å². The van der Waals surface area contributed by atoms with E-state index in [-0.39, 0.29) is 6.10 Å². The molecule has 6 heteroatoms. The number of thiocarbonyl (C=S) groups is 1. The molecule has 2 aromatic carbocycles. The van der Waals surface area contributed by atoms with Crippen molar-refractivity contribution >= 4 is 46.4 Å². The van der Waals surface area contributed by atoms with E-state index in [1.165, 1.54) is 5.56 Å². The molecule has 0 aliphatic rings. The molecule has 3 nitrogen and oxygen atoms in total. The minimum absolute atomic E-state index is 0.153. The van der Waals surface area contributed by atoms with Gasteiger partial charge in [-0.1, -0.05) is 29.8 Å². The Balaban J connectivity index is 1.61. The number of rotatable bonds is 9. The molecule has 0 aliphatic heterocycles. The third-order valence-electron chi connectivity index (χ3n) is 3.40. The summed E-state index contributed by atoms with van der Waals surface area (Å²) in [4.78, 5) is 0. The molecule has 26 heavy (non-hydrogen) atoms. The van der Waals surface area contributed by atoms with Gasteiger partial charge in [0.15, 0.2) is 5.11 Å². The molecule has 2 aromatic rings. The van der Waals surface area contributed by atoms with Gasteiger partial charge in [-0.2, -0.15) is 11.8 Å². The summed E-state index contributed by atoms with van der Waals surface area (Å²) < 4.78 is 5.69. The second-order valence-electron chi connectivity index (χ2n) is 6.11. The Morgan fingerprint density at radius 1 is 1.19 bits per heavy atom. The molecule has 0 fully saturated rings. The van der Waals surface area contributed by atoms with Gasteiger partial charge in [0.05, 0.1) is 6.10 Å². The van der Waals surface area contributed by atoms with E-state index in [1.807, 2.05) is 62.0 Å².